The standard InChI is InChI=1S/C13H23ClN2/c1-5-7-13(4,10-14)9-12-8-11(3)15-16(12)6-2/h8H,5-7,9-10H2,1-4H3. The number of hydrogen-bond acceptors (Lipinski definition) is 1. The number of hydrogen-bond donors (Lipinski definition) is 0. The Balaban J connectivity index is 2.84. The molecule has 0 spiro atoms. The van der Waals surface area contributed by atoms with Crippen LogP contribution in [0.25, 0.3) is 0 Å². The maximum atomic E-state index is 6.11. The summed E-state index contributed by atoms with van der Waals surface area (Å²) in [5, 5.41) is 4.48. The van der Waals surface area contributed by atoms with Gasteiger partial charge in [0.05, 0.1) is 5.69 Å². The van der Waals surface area contributed by atoms with Crippen molar-refractivity contribution in [3.63, 3.8) is 0 Å². The van der Waals surface area contributed by atoms with Crippen LogP contribution < -0.4 is 0 Å². The van der Waals surface area contributed by atoms with Gasteiger partial charge in [-0.1, -0.05) is 20.3 Å². The highest BCUT2D eigenvalue weighted by Gasteiger charge is 2.24. The molecule has 0 saturated carbocycles. The van der Waals surface area contributed by atoms with Crippen LogP contribution in [-0.2, 0) is 13.0 Å². The maximum absolute atomic E-state index is 6.11. The van der Waals surface area contributed by atoms with Crippen molar-refractivity contribution in [3.05, 3.63) is 17.5 Å². The van der Waals surface area contributed by atoms with Gasteiger partial charge in [0.25, 0.3) is 0 Å². The smallest absolute Gasteiger partial charge is 0.0596 e. The Hall–Kier alpha value is -0.500. The zero-order chi connectivity index (χ0) is 12.2. The first-order chi connectivity index (χ1) is 7.54. The average Bonchev–Trinajstić information content (AvgIpc) is 2.59. The van der Waals surface area contributed by atoms with E-state index >= 15 is 0 Å². The molecule has 1 aromatic heterocycles. The molecule has 0 saturated heterocycles. The first-order valence-corrected chi connectivity index (χ1v) is 6.67. The molecule has 0 aromatic carbocycles. The Kier molecular flexibility index (Phi) is 4.85. The highest BCUT2D eigenvalue weighted by molar-refractivity contribution is 6.18. The van der Waals surface area contributed by atoms with Crippen molar-refractivity contribution in [2.45, 2.75) is 53.5 Å². The Bertz CT molecular complexity index is 333. The van der Waals surface area contributed by atoms with Crippen LogP contribution in [0.2, 0.25) is 0 Å². The summed E-state index contributed by atoms with van der Waals surface area (Å²) in [5.41, 5.74) is 2.62. The third-order valence-electron chi connectivity index (χ3n) is 3.07. The van der Waals surface area contributed by atoms with E-state index in [0.29, 0.717) is 0 Å². The average molecular weight is 243 g/mol. The van der Waals surface area contributed by atoms with E-state index in [9.17, 15) is 0 Å². The van der Waals surface area contributed by atoms with Crippen molar-refractivity contribution in [3.8, 4) is 0 Å². The van der Waals surface area contributed by atoms with Gasteiger partial charge in [0.2, 0.25) is 0 Å². The Morgan fingerprint density at radius 1 is 1.44 bits per heavy atom. The molecule has 1 unspecified atom stereocenters. The molecule has 1 atom stereocenters. The number of nitrogens with zero attached hydrogens (tertiary/aromatic N) is 2. The molecule has 0 radical (unpaired) electrons. The lowest BCUT2D eigenvalue weighted by Crippen LogP contribution is -2.23. The fourth-order valence-corrected chi connectivity index (χ4v) is 2.49. The van der Waals surface area contributed by atoms with Crippen molar-refractivity contribution < 1.29 is 0 Å². The lowest BCUT2D eigenvalue weighted by molar-refractivity contribution is 0.324. The first kappa shape index (κ1) is 13.6. The molecule has 0 amide bonds. The molecule has 92 valence electrons. The van der Waals surface area contributed by atoms with E-state index in [1.54, 1.807) is 0 Å². The molecule has 0 aliphatic heterocycles. The van der Waals surface area contributed by atoms with Crippen LogP contribution in [0.15, 0.2) is 6.07 Å². The fraction of sp³-hybridized carbons (Fsp3) is 0.769. The zero-order valence-corrected chi connectivity index (χ0v) is 11.6. The van der Waals surface area contributed by atoms with Crippen LogP contribution in [0.1, 0.15) is 45.0 Å². The molecule has 0 fully saturated rings. The molecule has 0 N–H and O–H groups in total. The number of alkyl halides is 1. The summed E-state index contributed by atoms with van der Waals surface area (Å²) in [7, 11) is 0. The predicted octanol–water partition coefficient (Wildman–Crippen LogP) is 3.80. The van der Waals surface area contributed by atoms with E-state index in [1.165, 1.54) is 18.5 Å². The summed E-state index contributed by atoms with van der Waals surface area (Å²) in [5.74, 6) is 0.717. The van der Waals surface area contributed by atoms with Crippen LogP contribution in [0, 0.1) is 12.3 Å². The Labute approximate surface area is 104 Å². The van der Waals surface area contributed by atoms with Crippen molar-refractivity contribution >= 4 is 11.6 Å². The monoisotopic (exact) mass is 242 g/mol. The van der Waals surface area contributed by atoms with E-state index in [4.69, 9.17) is 11.6 Å². The van der Waals surface area contributed by atoms with E-state index in [0.717, 1.165) is 24.5 Å². The maximum Gasteiger partial charge on any atom is 0.0596 e. The van der Waals surface area contributed by atoms with Gasteiger partial charge >= 0.3 is 0 Å². The Morgan fingerprint density at radius 3 is 2.62 bits per heavy atom. The third-order valence-corrected chi connectivity index (χ3v) is 3.71. The van der Waals surface area contributed by atoms with Gasteiger partial charge in [-0.15, -0.1) is 11.6 Å². The second-order valence-corrected chi connectivity index (χ2v) is 5.23. The largest absolute Gasteiger partial charge is 0.270 e. The van der Waals surface area contributed by atoms with Crippen molar-refractivity contribution in [2.75, 3.05) is 5.88 Å². The number of aryl methyl sites for hydroxylation is 2. The minimum Gasteiger partial charge on any atom is -0.270 e. The second kappa shape index (κ2) is 5.72. The minimum absolute atomic E-state index is 0.204. The zero-order valence-electron chi connectivity index (χ0n) is 10.9. The van der Waals surface area contributed by atoms with Crippen LogP contribution in [-0.4, -0.2) is 15.7 Å². The molecule has 16 heavy (non-hydrogen) atoms. The van der Waals surface area contributed by atoms with Crippen LogP contribution in [0.3, 0.4) is 0 Å². The quantitative estimate of drug-likeness (QED) is 0.694. The predicted molar refractivity (Wildman–Crippen MR) is 70.1 cm³/mol. The lowest BCUT2D eigenvalue weighted by atomic mass is 9.83. The van der Waals surface area contributed by atoms with Gasteiger partial charge in [-0.05, 0) is 38.2 Å². The molecule has 1 aromatic rings. The molecule has 3 heteroatoms. The summed E-state index contributed by atoms with van der Waals surface area (Å²) < 4.78 is 2.09. The van der Waals surface area contributed by atoms with Gasteiger partial charge in [-0.2, -0.15) is 5.10 Å². The van der Waals surface area contributed by atoms with Gasteiger partial charge in [-0.3, -0.25) is 4.68 Å². The third kappa shape index (κ3) is 3.24. The summed E-state index contributed by atoms with van der Waals surface area (Å²) >= 11 is 6.11. The van der Waals surface area contributed by atoms with E-state index in [2.05, 4.69) is 36.6 Å². The molecule has 0 bridgehead atoms. The van der Waals surface area contributed by atoms with Gasteiger partial charge in [0.1, 0.15) is 0 Å². The molecule has 1 rings (SSSR count). The molecule has 2 nitrogen and oxygen atoms in total. The number of halogens is 1. The summed E-state index contributed by atoms with van der Waals surface area (Å²) in [4.78, 5) is 0. The van der Waals surface area contributed by atoms with Crippen molar-refractivity contribution in [2.24, 2.45) is 5.41 Å². The van der Waals surface area contributed by atoms with Crippen molar-refractivity contribution in [1.82, 2.24) is 9.78 Å². The van der Waals surface area contributed by atoms with E-state index in [-0.39, 0.29) is 5.41 Å². The van der Waals surface area contributed by atoms with Gasteiger partial charge in [0.15, 0.2) is 0 Å². The summed E-state index contributed by atoms with van der Waals surface area (Å²) in [6.07, 6.45) is 3.38. The van der Waals surface area contributed by atoms with Crippen LogP contribution in [0.4, 0.5) is 0 Å². The molecular weight excluding hydrogens is 220 g/mol. The summed E-state index contributed by atoms with van der Waals surface area (Å²) in [6, 6.07) is 2.18. The molecular formula is C13H23ClN2. The first-order valence-electron chi connectivity index (χ1n) is 6.14. The highest BCUT2D eigenvalue weighted by atomic mass is 35.5. The van der Waals surface area contributed by atoms with Crippen molar-refractivity contribution in [1.29, 1.82) is 0 Å². The second-order valence-electron chi connectivity index (χ2n) is 4.96. The van der Waals surface area contributed by atoms with Crippen LogP contribution in [0.5, 0.6) is 0 Å². The molecule has 0 aliphatic carbocycles. The topological polar surface area (TPSA) is 17.8 Å². The SMILES string of the molecule is CCCC(C)(CCl)Cc1cc(C)nn1CC. The highest BCUT2D eigenvalue weighted by Crippen LogP contribution is 2.29. The lowest BCUT2D eigenvalue weighted by Gasteiger charge is -2.26. The van der Waals surface area contributed by atoms with Gasteiger partial charge in [-0.25, -0.2) is 0 Å². The van der Waals surface area contributed by atoms with Gasteiger partial charge < -0.3 is 0 Å². The number of aromatic nitrogens is 2. The van der Waals surface area contributed by atoms with E-state index < -0.39 is 0 Å². The Morgan fingerprint density at radius 2 is 2.12 bits per heavy atom. The fourth-order valence-electron chi connectivity index (χ4n) is 2.26. The van der Waals surface area contributed by atoms with Gasteiger partial charge in [0, 0.05) is 18.1 Å². The molecule has 1 heterocycles. The minimum atomic E-state index is 0.204. The normalized spacial score (nSPS) is 15.1. The van der Waals surface area contributed by atoms with E-state index in [1.807, 2.05) is 6.92 Å². The molecule has 0 aliphatic rings. The summed E-state index contributed by atoms with van der Waals surface area (Å²) in [6.45, 7) is 9.61. The van der Waals surface area contributed by atoms with Crippen LogP contribution >= 0.6 is 11.6 Å². The number of rotatable bonds is 6.